The summed E-state index contributed by atoms with van der Waals surface area (Å²) in [4.78, 5) is 0. The van der Waals surface area contributed by atoms with E-state index in [0.29, 0.717) is 6.54 Å². The molecule has 0 fully saturated rings. The van der Waals surface area contributed by atoms with Crippen molar-refractivity contribution in [2.45, 2.75) is 25.9 Å². The summed E-state index contributed by atoms with van der Waals surface area (Å²) in [5.74, 6) is 0.287. The van der Waals surface area contributed by atoms with Crippen LogP contribution in [-0.4, -0.2) is 22.4 Å². The van der Waals surface area contributed by atoms with E-state index in [2.05, 4.69) is 5.32 Å². The fraction of sp³-hybridized carbons (Fsp3) is 0.333. The van der Waals surface area contributed by atoms with E-state index in [4.69, 9.17) is 0 Å². The molecule has 18 heavy (non-hydrogen) atoms. The Labute approximate surface area is 107 Å². The molecule has 3 nitrogen and oxygen atoms in total. The summed E-state index contributed by atoms with van der Waals surface area (Å²) in [6.07, 6.45) is 0. The largest absolute Gasteiger partial charge is 0.508 e. The topological polar surface area (TPSA) is 52.5 Å². The number of phenolic OH excluding ortho intramolecular Hbond substituents is 1. The Morgan fingerprint density at radius 3 is 2.56 bits per heavy atom. The van der Waals surface area contributed by atoms with E-state index < -0.39 is 0 Å². The molecule has 2 aromatic rings. The van der Waals surface area contributed by atoms with E-state index in [-0.39, 0.29) is 17.9 Å². The Kier molecular flexibility index (Phi) is 3.55. The molecule has 0 aromatic heterocycles. The van der Waals surface area contributed by atoms with Gasteiger partial charge in [0.15, 0.2) is 0 Å². The lowest BCUT2D eigenvalue weighted by molar-refractivity contribution is 0.187. The summed E-state index contributed by atoms with van der Waals surface area (Å²) in [6.45, 7) is 4.43. The zero-order valence-corrected chi connectivity index (χ0v) is 10.8. The van der Waals surface area contributed by atoms with Crippen LogP contribution in [0.15, 0.2) is 36.4 Å². The fourth-order valence-corrected chi connectivity index (χ4v) is 1.89. The number of hydrogen-bond acceptors (Lipinski definition) is 3. The van der Waals surface area contributed by atoms with Gasteiger partial charge in [-0.2, -0.15) is 0 Å². The minimum Gasteiger partial charge on any atom is -0.508 e. The molecule has 0 saturated carbocycles. The lowest BCUT2D eigenvalue weighted by Gasteiger charge is -2.24. The molecule has 0 aliphatic carbocycles. The number of aromatic hydroxyl groups is 1. The first-order chi connectivity index (χ1) is 8.53. The summed E-state index contributed by atoms with van der Waals surface area (Å²) in [5, 5.41) is 24.6. The minimum absolute atomic E-state index is 0.0541. The van der Waals surface area contributed by atoms with Crippen molar-refractivity contribution in [3.8, 4) is 5.75 Å². The number of fused-ring (bicyclic) bond motifs is 1. The summed E-state index contributed by atoms with van der Waals surface area (Å²) < 4.78 is 0. The van der Waals surface area contributed by atoms with Gasteiger partial charge in [-0.15, -0.1) is 0 Å². The van der Waals surface area contributed by atoms with Crippen molar-refractivity contribution in [3.05, 3.63) is 42.0 Å². The number of aliphatic hydroxyl groups excluding tert-OH is 1. The third-order valence-corrected chi connectivity index (χ3v) is 3.15. The number of aliphatic hydroxyl groups is 1. The monoisotopic (exact) mass is 245 g/mol. The molecule has 3 heteroatoms. The van der Waals surface area contributed by atoms with Crippen LogP contribution in [0.3, 0.4) is 0 Å². The first kappa shape index (κ1) is 12.9. The maximum Gasteiger partial charge on any atom is 0.120 e. The van der Waals surface area contributed by atoms with Crippen LogP contribution in [0.1, 0.15) is 19.4 Å². The van der Waals surface area contributed by atoms with Gasteiger partial charge in [-0.05, 0) is 30.7 Å². The summed E-state index contributed by atoms with van der Waals surface area (Å²) in [5.41, 5.74) is 0.512. The molecule has 0 bridgehead atoms. The first-order valence-electron chi connectivity index (χ1n) is 6.09. The molecular formula is C15H19NO2. The van der Waals surface area contributed by atoms with Crippen LogP contribution in [-0.2, 0) is 6.54 Å². The van der Waals surface area contributed by atoms with E-state index in [0.717, 1.165) is 16.3 Å². The first-order valence-corrected chi connectivity index (χ1v) is 6.09. The molecule has 3 N–H and O–H groups in total. The molecule has 96 valence electrons. The van der Waals surface area contributed by atoms with Crippen LogP contribution in [0, 0.1) is 0 Å². The Hall–Kier alpha value is -1.58. The third-order valence-electron chi connectivity index (χ3n) is 3.15. The fourth-order valence-electron chi connectivity index (χ4n) is 1.89. The summed E-state index contributed by atoms with van der Waals surface area (Å²) in [7, 11) is 0. The molecule has 0 radical (unpaired) electrons. The number of phenols is 1. The lowest BCUT2D eigenvalue weighted by atomic mass is 10.0. The number of nitrogens with one attached hydrogen (secondary N) is 1. The van der Waals surface area contributed by atoms with Gasteiger partial charge >= 0.3 is 0 Å². The van der Waals surface area contributed by atoms with Gasteiger partial charge in [0.05, 0.1) is 6.61 Å². The Morgan fingerprint density at radius 2 is 1.83 bits per heavy atom. The van der Waals surface area contributed by atoms with Crippen molar-refractivity contribution in [2.75, 3.05) is 6.61 Å². The van der Waals surface area contributed by atoms with Crippen LogP contribution in [0.2, 0.25) is 0 Å². The zero-order chi connectivity index (χ0) is 13.2. The third kappa shape index (κ3) is 2.63. The molecule has 2 aromatic carbocycles. The zero-order valence-electron chi connectivity index (χ0n) is 10.8. The van der Waals surface area contributed by atoms with Gasteiger partial charge in [0.1, 0.15) is 5.75 Å². The summed E-state index contributed by atoms with van der Waals surface area (Å²) >= 11 is 0. The van der Waals surface area contributed by atoms with Crippen LogP contribution in [0.5, 0.6) is 5.75 Å². The molecule has 0 saturated heterocycles. The molecule has 0 aliphatic heterocycles. The van der Waals surface area contributed by atoms with Gasteiger partial charge in [0.25, 0.3) is 0 Å². The highest BCUT2D eigenvalue weighted by atomic mass is 16.3. The average molecular weight is 245 g/mol. The number of rotatable bonds is 4. The molecule has 0 amide bonds. The van der Waals surface area contributed by atoms with Crippen molar-refractivity contribution < 1.29 is 10.2 Å². The highest BCUT2D eigenvalue weighted by Gasteiger charge is 2.16. The Morgan fingerprint density at radius 1 is 1.11 bits per heavy atom. The second-order valence-electron chi connectivity index (χ2n) is 5.18. The standard InChI is InChI=1S/C15H19NO2/c1-15(2,10-17)16-9-13-12-6-4-3-5-11(12)7-8-14(13)18/h3-8,16-18H,9-10H2,1-2H3. The van der Waals surface area contributed by atoms with E-state index in [1.54, 1.807) is 6.07 Å². The number of benzene rings is 2. The van der Waals surface area contributed by atoms with E-state index in [9.17, 15) is 10.2 Å². The van der Waals surface area contributed by atoms with Gasteiger partial charge in [-0.25, -0.2) is 0 Å². The predicted octanol–water partition coefficient (Wildman–Crippen LogP) is 2.41. The van der Waals surface area contributed by atoms with Crippen LogP contribution in [0.25, 0.3) is 10.8 Å². The van der Waals surface area contributed by atoms with Crippen molar-refractivity contribution in [3.63, 3.8) is 0 Å². The van der Waals surface area contributed by atoms with Gasteiger partial charge in [0.2, 0.25) is 0 Å². The summed E-state index contributed by atoms with van der Waals surface area (Å²) in [6, 6.07) is 11.6. The van der Waals surface area contributed by atoms with Gasteiger partial charge in [0, 0.05) is 17.6 Å². The Balaban J connectivity index is 2.35. The minimum atomic E-state index is -0.358. The van der Waals surface area contributed by atoms with E-state index in [1.165, 1.54) is 0 Å². The van der Waals surface area contributed by atoms with E-state index >= 15 is 0 Å². The SMILES string of the molecule is CC(C)(CO)NCc1c(O)ccc2ccccc12. The maximum absolute atomic E-state index is 9.98. The smallest absolute Gasteiger partial charge is 0.120 e. The van der Waals surface area contributed by atoms with Crippen LogP contribution < -0.4 is 5.32 Å². The molecule has 2 rings (SSSR count). The predicted molar refractivity (Wildman–Crippen MR) is 73.6 cm³/mol. The number of hydrogen-bond donors (Lipinski definition) is 3. The molecule has 0 heterocycles. The quantitative estimate of drug-likeness (QED) is 0.775. The van der Waals surface area contributed by atoms with Crippen molar-refractivity contribution in [2.24, 2.45) is 0 Å². The van der Waals surface area contributed by atoms with Crippen molar-refractivity contribution >= 4 is 10.8 Å². The average Bonchev–Trinajstić information content (AvgIpc) is 2.37. The highest BCUT2D eigenvalue weighted by molar-refractivity contribution is 5.87. The molecule has 0 unspecified atom stereocenters. The maximum atomic E-state index is 9.98. The second-order valence-corrected chi connectivity index (χ2v) is 5.18. The second kappa shape index (κ2) is 4.96. The van der Waals surface area contributed by atoms with Crippen molar-refractivity contribution in [1.29, 1.82) is 0 Å². The molecule has 0 atom stereocenters. The van der Waals surface area contributed by atoms with Gasteiger partial charge in [-0.1, -0.05) is 30.3 Å². The molecule has 0 spiro atoms. The van der Waals surface area contributed by atoms with Gasteiger partial charge < -0.3 is 15.5 Å². The molecular weight excluding hydrogens is 226 g/mol. The van der Waals surface area contributed by atoms with Crippen LogP contribution >= 0.6 is 0 Å². The lowest BCUT2D eigenvalue weighted by Crippen LogP contribution is -2.42. The normalized spacial score (nSPS) is 11.9. The Bertz CT molecular complexity index is 549. The molecule has 0 aliphatic rings. The van der Waals surface area contributed by atoms with Gasteiger partial charge in [-0.3, -0.25) is 0 Å². The highest BCUT2D eigenvalue weighted by Crippen LogP contribution is 2.27. The van der Waals surface area contributed by atoms with Crippen molar-refractivity contribution in [1.82, 2.24) is 5.32 Å². The van der Waals surface area contributed by atoms with Crippen LogP contribution in [0.4, 0.5) is 0 Å². The van der Waals surface area contributed by atoms with E-state index in [1.807, 2.05) is 44.2 Å².